The lowest BCUT2D eigenvalue weighted by Gasteiger charge is -2.47. The second kappa shape index (κ2) is 13.6. The number of methoxy groups -OCH3 is 1. The third kappa shape index (κ3) is 7.74. The van der Waals surface area contributed by atoms with Crippen molar-refractivity contribution >= 4 is 8.32 Å². The van der Waals surface area contributed by atoms with Crippen LogP contribution in [0.25, 0.3) is 0 Å². The Balaban J connectivity index is 3.17. The van der Waals surface area contributed by atoms with E-state index in [2.05, 4.69) is 87.1 Å². The second-order valence-electron chi connectivity index (χ2n) is 10.6. The molecule has 0 radical (unpaired) electrons. The molecule has 3 nitrogen and oxygen atoms in total. The molecule has 4 heteroatoms. The summed E-state index contributed by atoms with van der Waals surface area (Å²) in [5.74, 6) is 1.81. The first kappa shape index (κ1) is 28.9. The number of hydrogen-bond donors (Lipinski definition) is 0. The van der Waals surface area contributed by atoms with E-state index >= 15 is 0 Å². The van der Waals surface area contributed by atoms with Gasteiger partial charge in [0, 0.05) is 5.92 Å². The minimum atomic E-state index is -2.05. The molecule has 3 atom stereocenters. The summed E-state index contributed by atoms with van der Waals surface area (Å²) in [7, 11) is -0.363. The average Bonchev–Trinajstić information content (AvgIpc) is 2.73. The molecule has 0 aliphatic rings. The van der Waals surface area contributed by atoms with Crippen LogP contribution in [0.4, 0.5) is 0 Å². The van der Waals surface area contributed by atoms with E-state index in [1.807, 2.05) is 12.1 Å². The zero-order chi connectivity index (χ0) is 24.5. The van der Waals surface area contributed by atoms with Crippen molar-refractivity contribution in [2.45, 2.75) is 111 Å². The quantitative estimate of drug-likeness (QED) is 0.193. The number of hydrogen-bond acceptors (Lipinski definition) is 3. The maximum atomic E-state index is 7.32. The van der Waals surface area contributed by atoms with Gasteiger partial charge in [0.1, 0.15) is 5.75 Å². The molecule has 0 saturated heterocycles. The molecule has 32 heavy (non-hydrogen) atoms. The highest BCUT2D eigenvalue weighted by Crippen LogP contribution is 2.44. The molecule has 0 bridgehead atoms. The van der Waals surface area contributed by atoms with Crippen LogP contribution in [-0.4, -0.2) is 27.6 Å². The van der Waals surface area contributed by atoms with E-state index < -0.39 is 8.32 Å². The van der Waals surface area contributed by atoms with E-state index in [0.29, 0.717) is 29.1 Å². The van der Waals surface area contributed by atoms with Gasteiger partial charge in [0.2, 0.25) is 8.32 Å². The van der Waals surface area contributed by atoms with Gasteiger partial charge in [-0.15, -0.1) is 6.58 Å². The summed E-state index contributed by atoms with van der Waals surface area (Å²) in [6, 6.07) is 8.11. The predicted molar refractivity (Wildman–Crippen MR) is 141 cm³/mol. The van der Waals surface area contributed by atoms with Crippen LogP contribution < -0.4 is 4.74 Å². The SMILES string of the molecule is C=C[C@@H](CCC(C)C)[C@@H](O[Si](C(C)C)(C(C)C)C(C)C)[C@H](C)OCc1ccc(OC)cc1. The third-order valence-corrected chi connectivity index (χ3v) is 13.1. The molecule has 0 aliphatic carbocycles. The number of rotatable bonds is 15. The monoisotopic (exact) mass is 462 g/mol. The molecule has 0 aromatic heterocycles. The molecule has 0 spiro atoms. The van der Waals surface area contributed by atoms with Gasteiger partial charge in [0.05, 0.1) is 25.9 Å². The molecule has 1 aromatic rings. The van der Waals surface area contributed by atoms with Crippen molar-refractivity contribution in [1.29, 1.82) is 0 Å². The van der Waals surface area contributed by atoms with Gasteiger partial charge in [0.25, 0.3) is 0 Å². The first-order valence-electron chi connectivity index (χ1n) is 12.5. The maximum absolute atomic E-state index is 7.32. The van der Waals surface area contributed by atoms with Gasteiger partial charge in [-0.2, -0.15) is 0 Å². The van der Waals surface area contributed by atoms with Gasteiger partial charge in [-0.3, -0.25) is 0 Å². The molecule has 0 saturated carbocycles. The zero-order valence-electron chi connectivity index (χ0n) is 22.5. The summed E-state index contributed by atoms with van der Waals surface area (Å²) >= 11 is 0. The van der Waals surface area contributed by atoms with Crippen LogP contribution in [0.5, 0.6) is 5.75 Å². The number of benzene rings is 1. The van der Waals surface area contributed by atoms with Crippen LogP contribution in [0.3, 0.4) is 0 Å². The van der Waals surface area contributed by atoms with Crippen molar-refractivity contribution in [3.8, 4) is 5.75 Å². The molecule has 0 amide bonds. The molecular weight excluding hydrogens is 412 g/mol. The van der Waals surface area contributed by atoms with E-state index in [9.17, 15) is 0 Å². The lowest BCUT2D eigenvalue weighted by molar-refractivity contribution is -0.0482. The molecule has 0 N–H and O–H groups in total. The maximum Gasteiger partial charge on any atom is 0.200 e. The van der Waals surface area contributed by atoms with Crippen molar-refractivity contribution < 1.29 is 13.9 Å². The van der Waals surface area contributed by atoms with Crippen LogP contribution >= 0.6 is 0 Å². The van der Waals surface area contributed by atoms with Crippen LogP contribution in [0.2, 0.25) is 16.6 Å². The van der Waals surface area contributed by atoms with E-state index in [-0.39, 0.29) is 18.1 Å². The van der Waals surface area contributed by atoms with Gasteiger partial charge in [-0.1, -0.05) is 80.0 Å². The van der Waals surface area contributed by atoms with Crippen molar-refractivity contribution in [1.82, 2.24) is 0 Å². The molecule has 1 rings (SSSR count). The summed E-state index contributed by atoms with van der Waals surface area (Å²) < 4.78 is 19.0. The Labute approximate surface area is 200 Å². The Hall–Kier alpha value is -1.10. The zero-order valence-corrected chi connectivity index (χ0v) is 23.5. The Morgan fingerprint density at radius 3 is 1.78 bits per heavy atom. The molecule has 0 heterocycles. The van der Waals surface area contributed by atoms with Crippen LogP contribution in [0.15, 0.2) is 36.9 Å². The summed E-state index contributed by atoms with van der Waals surface area (Å²) in [5.41, 5.74) is 2.76. The first-order chi connectivity index (χ1) is 15.0. The molecule has 0 aliphatic heterocycles. The smallest absolute Gasteiger partial charge is 0.200 e. The Morgan fingerprint density at radius 2 is 1.38 bits per heavy atom. The normalized spacial score (nSPS) is 15.4. The van der Waals surface area contributed by atoms with Crippen LogP contribution in [0, 0.1) is 11.8 Å². The van der Waals surface area contributed by atoms with E-state index in [1.54, 1.807) is 7.11 Å². The summed E-state index contributed by atoms with van der Waals surface area (Å²) in [5, 5.41) is 0. The molecule has 184 valence electrons. The average molecular weight is 463 g/mol. The first-order valence-corrected chi connectivity index (χ1v) is 14.7. The Kier molecular flexibility index (Phi) is 12.3. The van der Waals surface area contributed by atoms with E-state index in [0.717, 1.165) is 17.7 Å². The van der Waals surface area contributed by atoms with Gasteiger partial charge in [-0.25, -0.2) is 0 Å². The van der Waals surface area contributed by atoms with Gasteiger partial charge in [0.15, 0.2) is 0 Å². The van der Waals surface area contributed by atoms with E-state index in [1.165, 1.54) is 6.42 Å². The lowest BCUT2D eigenvalue weighted by Crippen LogP contribution is -2.54. The molecule has 1 aromatic carbocycles. The fraction of sp³-hybridized carbons (Fsp3) is 0.714. The van der Waals surface area contributed by atoms with Gasteiger partial charge in [-0.05, 0) is 53.6 Å². The summed E-state index contributed by atoms with van der Waals surface area (Å²) in [4.78, 5) is 0. The topological polar surface area (TPSA) is 27.7 Å². The number of ether oxygens (including phenoxy) is 2. The molecular formula is C28H50O3Si. The standard InChI is InChI=1S/C28H50O3Si/c1-12-26(16-13-20(2)3)28(31-32(21(4)5,22(6)7)23(8)9)24(10)30-19-25-14-17-27(29-11)18-15-25/h12,14-15,17-18,20-24,26,28H,1,13,16,19H2,2-11H3/t24-,26-,28-/m0/s1. The van der Waals surface area contributed by atoms with E-state index in [4.69, 9.17) is 13.9 Å². The highest BCUT2D eigenvalue weighted by Gasteiger charge is 2.48. The second-order valence-corrected chi connectivity index (χ2v) is 16.0. The molecule has 0 fully saturated rings. The largest absolute Gasteiger partial charge is 0.497 e. The van der Waals surface area contributed by atoms with Crippen molar-refractivity contribution in [2.75, 3.05) is 7.11 Å². The summed E-state index contributed by atoms with van der Waals surface area (Å²) in [6.07, 6.45) is 4.36. The fourth-order valence-electron chi connectivity index (χ4n) is 5.16. The summed E-state index contributed by atoms with van der Waals surface area (Å²) in [6.45, 7) is 25.6. The fourth-order valence-corrected chi connectivity index (χ4v) is 10.8. The van der Waals surface area contributed by atoms with Gasteiger partial charge < -0.3 is 13.9 Å². The minimum absolute atomic E-state index is 0.0170. The predicted octanol–water partition coefficient (Wildman–Crippen LogP) is 8.40. The van der Waals surface area contributed by atoms with Gasteiger partial charge >= 0.3 is 0 Å². The highest BCUT2D eigenvalue weighted by atomic mass is 28.4. The van der Waals surface area contributed by atoms with Crippen molar-refractivity contribution in [2.24, 2.45) is 11.8 Å². The molecule has 0 unspecified atom stereocenters. The highest BCUT2D eigenvalue weighted by molar-refractivity contribution is 6.77. The van der Waals surface area contributed by atoms with Crippen molar-refractivity contribution in [3.63, 3.8) is 0 Å². The Morgan fingerprint density at radius 1 is 0.844 bits per heavy atom. The van der Waals surface area contributed by atoms with Crippen molar-refractivity contribution in [3.05, 3.63) is 42.5 Å². The minimum Gasteiger partial charge on any atom is -0.497 e. The lowest BCUT2D eigenvalue weighted by atomic mass is 9.91. The Bertz CT molecular complexity index is 629. The van der Waals surface area contributed by atoms with Crippen LogP contribution in [0.1, 0.15) is 80.7 Å². The third-order valence-electron chi connectivity index (χ3n) is 6.98. The van der Waals surface area contributed by atoms with Crippen LogP contribution in [-0.2, 0) is 15.8 Å².